The van der Waals surface area contributed by atoms with E-state index in [0.29, 0.717) is 0 Å². The molecule has 0 atom stereocenters. The Bertz CT molecular complexity index is 322. The molecule has 0 heteroatoms. The minimum Gasteiger partial charge on any atom is -0.0617 e. The van der Waals surface area contributed by atoms with Crippen LogP contribution in [0.3, 0.4) is 0 Å². The van der Waals surface area contributed by atoms with E-state index in [1.54, 1.807) is 0 Å². The Morgan fingerprint density at radius 2 is 0.938 bits per heavy atom. The van der Waals surface area contributed by atoms with E-state index in [2.05, 4.69) is 78.0 Å². The molecule has 0 radical (unpaired) electrons. The van der Waals surface area contributed by atoms with Crippen LogP contribution in [0.5, 0.6) is 0 Å². The third kappa shape index (κ3) is 3.52. The summed E-state index contributed by atoms with van der Waals surface area (Å²) in [5.74, 6) is 0. The number of allylic oxidation sites excluding steroid dienone is 8. The van der Waals surface area contributed by atoms with Gasteiger partial charge in [-0.3, -0.25) is 0 Å². The second-order valence-corrected chi connectivity index (χ2v) is 6.46. The van der Waals surface area contributed by atoms with Crippen molar-refractivity contribution in [2.75, 3.05) is 0 Å². The summed E-state index contributed by atoms with van der Waals surface area (Å²) < 4.78 is 0. The molecule has 0 spiro atoms. The molecule has 0 heterocycles. The molecule has 0 nitrogen and oxygen atoms in total. The lowest BCUT2D eigenvalue weighted by Crippen LogP contribution is -2.09. The van der Waals surface area contributed by atoms with Crippen molar-refractivity contribution < 1.29 is 0 Å². The van der Waals surface area contributed by atoms with Crippen molar-refractivity contribution in [2.45, 2.75) is 41.5 Å². The molecule has 0 aromatic carbocycles. The Labute approximate surface area is 100 Å². The van der Waals surface area contributed by atoms with Crippen LogP contribution in [0.4, 0.5) is 0 Å². The van der Waals surface area contributed by atoms with E-state index in [-0.39, 0.29) is 10.8 Å². The van der Waals surface area contributed by atoms with Crippen LogP contribution in [0.2, 0.25) is 0 Å². The van der Waals surface area contributed by atoms with Gasteiger partial charge in [-0.15, -0.1) is 0 Å². The molecule has 88 valence electrons. The maximum atomic E-state index is 2.24. The molecule has 1 rings (SSSR count). The number of hydrogen-bond donors (Lipinski definition) is 0. The average Bonchev–Trinajstić information content (AvgIpc) is 1.96. The van der Waals surface area contributed by atoms with Crippen LogP contribution in [0.25, 0.3) is 0 Å². The van der Waals surface area contributed by atoms with Crippen LogP contribution >= 0.6 is 0 Å². The summed E-state index contributed by atoms with van der Waals surface area (Å²) in [5, 5.41) is 0. The van der Waals surface area contributed by atoms with Crippen LogP contribution in [0, 0.1) is 10.8 Å². The highest BCUT2D eigenvalue weighted by Crippen LogP contribution is 2.30. The molecular weight excluding hydrogens is 192 g/mol. The van der Waals surface area contributed by atoms with Crippen molar-refractivity contribution in [1.29, 1.82) is 0 Å². The second-order valence-electron chi connectivity index (χ2n) is 6.46. The Balaban J connectivity index is 2.98. The molecule has 0 amide bonds. The lowest BCUT2D eigenvalue weighted by molar-refractivity contribution is 0.513. The van der Waals surface area contributed by atoms with Gasteiger partial charge in [-0.1, -0.05) is 78.0 Å². The molecule has 1 aliphatic rings. The van der Waals surface area contributed by atoms with E-state index in [0.717, 1.165) is 0 Å². The first-order chi connectivity index (χ1) is 7.21. The predicted molar refractivity (Wildman–Crippen MR) is 73.4 cm³/mol. The van der Waals surface area contributed by atoms with Gasteiger partial charge in [-0.2, -0.15) is 0 Å². The zero-order valence-corrected chi connectivity index (χ0v) is 11.5. The van der Waals surface area contributed by atoms with Crippen LogP contribution in [-0.4, -0.2) is 0 Å². The van der Waals surface area contributed by atoms with Gasteiger partial charge in [0.2, 0.25) is 0 Å². The molecule has 0 bridgehead atoms. The minimum absolute atomic E-state index is 0.216. The molecule has 0 saturated carbocycles. The van der Waals surface area contributed by atoms with Gasteiger partial charge in [-0.05, 0) is 22.0 Å². The summed E-state index contributed by atoms with van der Waals surface area (Å²) in [6.07, 6.45) is 13.2. The molecule has 16 heavy (non-hydrogen) atoms. The van der Waals surface area contributed by atoms with Crippen LogP contribution < -0.4 is 0 Å². The molecule has 1 aliphatic carbocycles. The fraction of sp³-hybridized carbons (Fsp3) is 0.500. The Kier molecular flexibility index (Phi) is 3.62. The summed E-state index contributed by atoms with van der Waals surface area (Å²) in [6.45, 7) is 13.5. The normalized spacial score (nSPS) is 28.1. The summed E-state index contributed by atoms with van der Waals surface area (Å²) in [5.41, 5.74) is 3.17. The van der Waals surface area contributed by atoms with E-state index in [4.69, 9.17) is 0 Å². The van der Waals surface area contributed by atoms with Crippen LogP contribution in [0.15, 0.2) is 47.6 Å². The van der Waals surface area contributed by atoms with E-state index < -0.39 is 0 Å². The maximum Gasteiger partial charge on any atom is -0.0132 e. The van der Waals surface area contributed by atoms with Crippen molar-refractivity contribution in [2.24, 2.45) is 10.8 Å². The topological polar surface area (TPSA) is 0 Å². The maximum absolute atomic E-state index is 2.24. The zero-order chi connectivity index (χ0) is 12.4. The van der Waals surface area contributed by atoms with Crippen molar-refractivity contribution in [1.82, 2.24) is 0 Å². The Morgan fingerprint density at radius 1 is 0.625 bits per heavy atom. The first kappa shape index (κ1) is 13.0. The van der Waals surface area contributed by atoms with Crippen LogP contribution in [0.1, 0.15) is 41.5 Å². The first-order valence-corrected chi connectivity index (χ1v) is 5.99. The van der Waals surface area contributed by atoms with Crippen molar-refractivity contribution in [3.63, 3.8) is 0 Å². The van der Waals surface area contributed by atoms with Crippen molar-refractivity contribution in [3.8, 4) is 0 Å². The van der Waals surface area contributed by atoms with Crippen LogP contribution in [-0.2, 0) is 0 Å². The highest BCUT2D eigenvalue weighted by Gasteiger charge is 2.16. The van der Waals surface area contributed by atoms with Crippen molar-refractivity contribution >= 4 is 0 Å². The molecule has 0 aliphatic heterocycles. The summed E-state index contributed by atoms with van der Waals surface area (Å²) in [7, 11) is 0. The van der Waals surface area contributed by atoms with Gasteiger partial charge in [0.25, 0.3) is 0 Å². The van der Waals surface area contributed by atoms with Gasteiger partial charge < -0.3 is 0 Å². The lowest BCUT2D eigenvalue weighted by atomic mass is 9.82. The summed E-state index contributed by atoms with van der Waals surface area (Å²) >= 11 is 0. The molecule has 0 aromatic heterocycles. The van der Waals surface area contributed by atoms with E-state index in [9.17, 15) is 0 Å². The third-order valence-corrected chi connectivity index (χ3v) is 2.84. The number of hydrogen-bond acceptors (Lipinski definition) is 0. The third-order valence-electron chi connectivity index (χ3n) is 2.84. The molecule has 0 saturated heterocycles. The molecule has 0 N–H and O–H groups in total. The van der Waals surface area contributed by atoms with Gasteiger partial charge in [0.15, 0.2) is 0 Å². The van der Waals surface area contributed by atoms with Gasteiger partial charge in [0.05, 0.1) is 0 Å². The fourth-order valence-corrected chi connectivity index (χ4v) is 1.62. The summed E-state index contributed by atoms with van der Waals surface area (Å²) in [6, 6.07) is 0. The largest absolute Gasteiger partial charge is 0.0617 e. The fourth-order valence-electron chi connectivity index (χ4n) is 1.62. The Hall–Kier alpha value is -1.04. The van der Waals surface area contributed by atoms with E-state index in [1.807, 2.05) is 0 Å². The standard InChI is InChI=1S/C16H24/c1-15(2,3)13-9-7-11-14(12-8-10-13)16(4,5)6/h7-12H,1-6H3/b9-7+,10-8?,11-7?,12-8+,13-9?,13-10+,14-11+,14-12?. The quantitative estimate of drug-likeness (QED) is 0.531. The predicted octanol–water partition coefficient (Wildman–Crippen LogP) is 5.06. The van der Waals surface area contributed by atoms with Crippen molar-refractivity contribution in [3.05, 3.63) is 47.6 Å². The summed E-state index contributed by atoms with van der Waals surface area (Å²) in [4.78, 5) is 0. The van der Waals surface area contributed by atoms with Gasteiger partial charge in [0.1, 0.15) is 0 Å². The average molecular weight is 216 g/mol. The van der Waals surface area contributed by atoms with E-state index >= 15 is 0 Å². The highest BCUT2D eigenvalue weighted by molar-refractivity contribution is 5.39. The number of rotatable bonds is 0. The highest BCUT2D eigenvalue weighted by atomic mass is 14.2. The second kappa shape index (κ2) is 4.45. The molecular formula is C16H24. The lowest BCUT2D eigenvalue weighted by Gasteiger charge is -2.22. The molecule has 0 aromatic rings. The molecule has 0 fully saturated rings. The SMILES string of the molecule is CC(C)(C)C1=C/C=C/C(C(C)(C)C)=C\C=C\1. The molecule has 0 unspecified atom stereocenters. The monoisotopic (exact) mass is 216 g/mol. The minimum atomic E-state index is 0.216. The van der Waals surface area contributed by atoms with Gasteiger partial charge >= 0.3 is 0 Å². The van der Waals surface area contributed by atoms with Gasteiger partial charge in [-0.25, -0.2) is 0 Å². The van der Waals surface area contributed by atoms with Gasteiger partial charge in [0, 0.05) is 0 Å². The zero-order valence-electron chi connectivity index (χ0n) is 11.5. The van der Waals surface area contributed by atoms with E-state index in [1.165, 1.54) is 11.1 Å². The Morgan fingerprint density at radius 3 is 1.19 bits per heavy atom. The smallest absolute Gasteiger partial charge is 0.0132 e. The first-order valence-electron chi connectivity index (χ1n) is 5.99.